The van der Waals surface area contributed by atoms with Crippen LogP contribution in [0.15, 0.2) is 71.2 Å². The van der Waals surface area contributed by atoms with Crippen molar-refractivity contribution in [1.82, 2.24) is 9.38 Å². The number of allylic oxidation sites excluding steroid dienone is 1. The average Bonchev–Trinajstić information content (AvgIpc) is 3.07. The molecule has 0 saturated heterocycles. The van der Waals surface area contributed by atoms with E-state index in [1.807, 2.05) is 35.9 Å². The zero-order valence-corrected chi connectivity index (χ0v) is 13.1. The number of ether oxygens (including phenoxy) is 1. The minimum atomic E-state index is -0.486. The van der Waals surface area contributed by atoms with Gasteiger partial charge in [-0.15, -0.1) is 0 Å². The molecular weight excluding hydrogens is 307 g/mol. The first kappa shape index (κ1) is 15.6. The number of halogens is 1. The zero-order valence-electron chi connectivity index (χ0n) is 13.1. The second-order valence-electron chi connectivity index (χ2n) is 5.02. The third-order valence-electron chi connectivity index (χ3n) is 3.39. The van der Waals surface area contributed by atoms with Crippen molar-refractivity contribution in [2.24, 2.45) is 9.98 Å². The van der Waals surface area contributed by atoms with Crippen LogP contribution in [-0.4, -0.2) is 22.1 Å². The van der Waals surface area contributed by atoms with Gasteiger partial charge in [-0.05, 0) is 49.0 Å². The fourth-order valence-corrected chi connectivity index (χ4v) is 2.11. The van der Waals surface area contributed by atoms with Crippen LogP contribution in [0.5, 0.6) is 5.75 Å². The molecule has 0 spiro atoms. The molecule has 0 atom stereocenters. The van der Waals surface area contributed by atoms with Crippen LogP contribution in [0.1, 0.15) is 12.5 Å². The Hall–Kier alpha value is -3.28. The van der Waals surface area contributed by atoms with Gasteiger partial charge in [0, 0.05) is 24.8 Å². The number of para-hydroxylation sites is 1. The normalized spacial score (nSPS) is 12.4. The maximum Gasteiger partial charge on any atom is 0.321 e. The third kappa shape index (κ3) is 3.38. The van der Waals surface area contributed by atoms with Crippen molar-refractivity contribution in [3.8, 4) is 5.75 Å². The standard InChI is InChI=1S/C18H15FN4O/c1-13(14-7-8-17-21-9-10-23(17)12-14)11-22-18(20-2)24-16-6-4-3-5-15(16)19/h3-12H,2H2,1H3/b13-11+,22-18+. The summed E-state index contributed by atoms with van der Waals surface area (Å²) in [5.41, 5.74) is 2.73. The molecule has 0 saturated carbocycles. The molecule has 2 aromatic heterocycles. The lowest BCUT2D eigenvalue weighted by molar-refractivity contribution is 0.486. The molecule has 0 amide bonds. The Morgan fingerprint density at radius 1 is 1.29 bits per heavy atom. The number of hydrogen-bond donors (Lipinski definition) is 0. The second kappa shape index (κ2) is 6.87. The molecule has 0 aliphatic heterocycles. The third-order valence-corrected chi connectivity index (χ3v) is 3.39. The van der Waals surface area contributed by atoms with Crippen molar-refractivity contribution in [3.05, 3.63) is 72.6 Å². The molecule has 5 nitrogen and oxygen atoms in total. The van der Waals surface area contributed by atoms with Gasteiger partial charge in [0.2, 0.25) is 0 Å². The van der Waals surface area contributed by atoms with Crippen LogP contribution < -0.4 is 4.74 Å². The summed E-state index contributed by atoms with van der Waals surface area (Å²) in [6.45, 7) is 5.31. The van der Waals surface area contributed by atoms with E-state index in [2.05, 4.69) is 21.7 Å². The Labute approximate surface area is 138 Å². The minimum absolute atomic E-state index is 0.0249. The number of imidazole rings is 1. The van der Waals surface area contributed by atoms with Gasteiger partial charge >= 0.3 is 6.02 Å². The van der Waals surface area contributed by atoms with Crippen LogP contribution in [0.2, 0.25) is 0 Å². The maximum atomic E-state index is 13.6. The number of pyridine rings is 1. The highest BCUT2D eigenvalue weighted by Gasteiger charge is 2.05. The first-order valence-electron chi connectivity index (χ1n) is 7.24. The first-order valence-corrected chi connectivity index (χ1v) is 7.24. The molecule has 120 valence electrons. The number of aromatic nitrogens is 2. The largest absolute Gasteiger partial charge is 0.421 e. The lowest BCUT2D eigenvalue weighted by Gasteiger charge is -2.05. The summed E-state index contributed by atoms with van der Waals surface area (Å²) in [5, 5.41) is 0. The summed E-state index contributed by atoms with van der Waals surface area (Å²) in [6.07, 6.45) is 7.15. The molecule has 1 aromatic carbocycles. The van der Waals surface area contributed by atoms with E-state index in [1.54, 1.807) is 24.5 Å². The highest BCUT2D eigenvalue weighted by atomic mass is 19.1. The summed E-state index contributed by atoms with van der Waals surface area (Å²) < 4.78 is 20.8. The number of hydrogen-bond acceptors (Lipinski definition) is 3. The van der Waals surface area contributed by atoms with Crippen molar-refractivity contribution < 1.29 is 9.13 Å². The molecular formula is C18H15FN4O. The maximum absolute atomic E-state index is 13.6. The molecule has 24 heavy (non-hydrogen) atoms. The fraction of sp³-hybridized carbons (Fsp3) is 0.0556. The molecule has 0 bridgehead atoms. The van der Waals surface area contributed by atoms with Gasteiger partial charge in [0.15, 0.2) is 11.6 Å². The van der Waals surface area contributed by atoms with E-state index in [4.69, 9.17) is 4.74 Å². The molecule has 0 radical (unpaired) electrons. The Morgan fingerprint density at radius 2 is 2.12 bits per heavy atom. The van der Waals surface area contributed by atoms with E-state index in [9.17, 15) is 4.39 Å². The van der Waals surface area contributed by atoms with Gasteiger partial charge in [-0.1, -0.05) is 12.1 Å². The molecule has 0 unspecified atom stereocenters. The Balaban J connectivity index is 1.83. The quantitative estimate of drug-likeness (QED) is 0.541. The Kier molecular flexibility index (Phi) is 4.47. The molecule has 0 fully saturated rings. The lowest BCUT2D eigenvalue weighted by atomic mass is 10.1. The van der Waals surface area contributed by atoms with Crippen LogP contribution in [0, 0.1) is 5.82 Å². The van der Waals surface area contributed by atoms with Gasteiger partial charge in [-0.25, -0.2) is 19.4 Å². The van der Waals surface area contributed by atoms with Gasteiger partial charge in [0.05, 0.1) is 0 Å². The number of nitrogens with zero attached hydrogens (tertiary/aromatic N) is 4. The number of rotatable bonds is 3. The summed E-state index contributed by atoms with van der Waals surface area (Å²) in [4.78, 5) is 12.0. The molecule has 2 heterocycles. The first-order chi connectivity index (χ1) is 11.7. The fourth-order valence-electron chi connectivity index (χ4n) is 2.11. The van der Waals surface area contributed by atoms with Gasteiger partial charge < -0.3 is 9.14 Å². The topological polar surface area (TPSA) is 51.2 Å². The van der Waals surface area contributed by atoms with E-state index in [1.165, 1.54) is 12.1 Å². The number of aliphatic imine (C=N–C) groups is 2. The molecule has 3 rings (SSSR count). The van der Waals surface area contributed by atoms with Gasteiger partial charge in [-0.3, -0.25) is 0 Å². The molecule has 0 aliphatic carbocycles. The van der Waals surface area contributed by atoms with Crippen LogP contribution in [0.4, 0.5) is 4.39 Å². The van der Waals surface area contributed by atoms with E-state index >= 15 is 0 Å². The van der Waals surface area contributed by atoms with Gasteiger partial charge in [0.1, 0.15) is 5.65 Å². The summed E-state index contributed by atoms with van der Waals surface area (Å²) >= 11 is 0. The zero-order chi connectivity index (χ0) is 16.9. The predicted octanol–water partition coefficient (Wildman–Crippen LogP) is 3.97. The summed E-state index contributed by atoms with van der Waals surface area (Å²) in [5.74, 6) is -0.436. The van der Waals surface area contributed by atoms with Crippen LogP contribution in [0.3, 0.4) is 0 Å². The highest BCUT2D eigenvalue weighted by Crippen LogP contribution is 2.17. The number of fused-ring (bicyclic) bond motifs is 1. The van der Waals surface area contributed by atoms with Crippen molar-refractivity contribution in [2.45, 2.75) is 6.92 Å². The minimum Gasteiger partial charge on any atom is -0.421 e. The molecule has 6 heteroatoms. The van der Waals surface area contributed by atoms with Crippen molar-refractivity contribution in [1.29, 1.82) is 0 Å². The van der Waals surface area contributed by atoms with Crippen molar-refractivity contribution in [3.63, 3.8) is 0 Å². The molecule has 0 N–H and O–H groups in total. The molecule has 3 aromatic rings. The van der Waals surface area contributed by atoms with Crippen LogP contribution >= 0.6 is 0 Å². The van der Waals surface area contributed by atoms with E-state index < -0.39 is 5.82 Å². The lowest BCUT2D eigenvalue weighted by Crippen LogP contribution is -2.05. The Morgan fingerprint density at radius 3 is 2.92 bits per heavy atom. The Bertz CT molecular complexity index is 943. The van der Waals surface area contributed by atoms with E-state index in [0.29, 0.717) is 0 Å². The van der Waals surface area contributed by atoms with Crippen molar-refractivity contribution in [2.75, 3.05) is 0 Å². The van der Waals surface area contributed by atoms with Gasteiger partial charge in [0.25, 0.3) is 0 Å². The van der Waals surface area contributed by atoms with E-state index in [0.717, 1.165) is 16.8 Å². The molecule has 0 aliphatic rings. The number of benzene rings is 1. The summed E-state index contributed by atoms with van der Waals surface area (Å²) in [7, 11) is 0. The van der Waals surface area contributed by atoms with Crippen molar-refractivity contribution >= 4 is 24.0 Å². The van der Waals surface area contributed by atoms with E-state index in [-0.39, 0.29) is 11.8 Å². The monoisotopic (exact) mass is 322 g/mol. The average molecular weight is 322 g/mol. The highest BCUT2D eigenvalue weighted by molar-refractivity contribution is 5.82. The van der Waals surface area contributed by atoms with Crippen LogP contribution in [0.25, 0.3) is 11.2 Å². The number of amidine groups is 1. The second-order valence-corrected chi connectivity index (χ2v) is 5.02. The van der Waals surface area contributed by atoms with Gasteiger partial charge in [-0.2, -0.15) is 0 Å². The smallest absolute Gasteiger partial charge is 0.321 e. The van der Waals surface area contributed by atoms with Crippen LogP contribution in [-0.2, 0) is 0 Å². The SMILES string of the molecule is C=N/C(=N\C=C(/C)c1ccc2nccn2c1)Oc1ccccc1F. The summed E-state index contributed by atoms with van der Waals surface area (Å²) in [6, 6.07) is 9.89. The predicted molar refractivity (Wildman–Crippen MR) is 92.9 cm³/mol.